The Bertz CT molecular complexity index is 416. The molecule has 0 aromatic heterocycles. The smallest absolute Gasteiger partial charge is 0.161 e. The molecule has 19 heavy (non-hydrogen) atoms. The number of fused-ring (bicyclic) bond motifs is 1. The van der Waals surface area contributed by atoms with Gasteiger partial charge in [0.25, 0.3) is 0 Å². The SMILES string of the molecule is NC1CCC(NCC2COc3ccccc3O2)CC1. The van der Waals surface area contributed by atoms with E-state index in [1.807, 2.05) is 24.3 Å². The Labute approximate surface area is 114 Å². The molecule has 104 valence electrons. The van der Waals surface area contributed by atoms with Gasteiger partial charge in [0.1, 0.15) is 12.7 Å². The molecule has 1 fully saturated rings. The third-order valence-corrected chi connectivity index (χ3v) is 3.97. The third-order valence-electron chi connectivity index (χ3n) is 3.97. The molecule has 4 nitrogen and oxygen atoms in total. The van der Waals surface area contributed by atoms with E-state index in [0.29, 0.717) is 18.7 Å². The Kier molecular flexibility index (Phi) is 3.89. The molecule has 3 rings (SSSR count). The lowest BCUT2D eigenvalue weighted by molar-refractivity contribution is 0.0866. The van der Waals surface area contributed by atoms with Crippen LogP contribution in [0.2, 0.25) is 0 Å². The van der Waals surface area contributed by atoms with Crippen LogP contribution in [0, 0.1) is 0 Å². The van der Waals surface area contributed by atoms with Gasteiger partial charge in [-0.3, -0.25) is 0 Å². The minimum absolute atomic E-state index is 0.102. The molecule has 2 aliphatic rings. The van der Waals surface area contributed by atoms with Crippen molar-refractivity contribution in [2.75, 3.05) is 13.2 Å². The van der Waals surface area contributed by atoms with Gasteiger partial charge in [-0.2, -0.15) is 0 Å². The lowest BCUT2D eigenvalue weighted by Gasteiger charge is -2.31. The van der Waals surface area contributed by atoms with Crippen molar-refractivity contribution in [2.24, 2.45) is 5.73 Å². The van der Waals surface area contributed by atoms with Crippen LogP contribution in [0.3, 0.4) is 0 Å². The first kappa shape index (κ1) is 12.8. The van der Waals surface area contributed by atoms with Gasteiger partial charge in [0, 0.05) is 18.6 Å². The molecule has 4 heteroatoms. The molecule has 3 N–H and O–H groups in total. The zero-order valence-corrected chi connectivity index (χ0v) is 11.2. The van der Waals surface area contributed by atoms with Crippen LogP contribution in [0.15, 0.2) is 24.3 Å². The van der Waals surface area contributed by atoms with E-state index >= 15 is 0 Å². The van der Waals surface area contributed by atoms with E-state index in [2.05, 4.69) is 5.32 Å². The summed E-state index contributed by atoms with van der Waals surface area (Å²) in [5.74, 6) is 1.70. The topological polar surface area (TPSA) is 56.5 Å². The maximum absolute atomic E-state index is 5.93. The number of rotatable bonds is 3. The molecule has 1 aliphatic carbocycles. The summed E-state index contributed by atoms with van der Waals surface area (Å²) in [6, 6.07) is 8.83. The second-order valence-electron chi connectivity index (χ2n) is 5.52. The minimum Gasteiger partial charge on any atom is -0.486 e. The highest BCUT2D eigenvalue weighted by Crippen LogP contribution is 2.30. The monoisotopic (exact) mass is 262 g/mol. The highest BCUT2D eigenvalue weighted by Gasteiger charge is 2.23. The van der Waals surface area contributed by atoms with Crippen molar-refractivity contribution >= 4 is 0 Å². The van der Waals surface area contributed by atoms with E-state index in [9.17, 15) is 0 Å². The molecule has 0 bridgehead atoms. The number of para-hydroxylation sites is 2. The largest absolute Gasteiger partial charge is 0.486 e. The van der Waals surface area contributed by atoms with E-state index < -0.39 is 0 Å². The fraction of sp³-hybridized carbons (Fsp3) is 0.600. The summed E-state index contributed by atoms with van der Waals surface area (Å²) in [6.45, 7) is 1.46. The van der Waals surface area contributed by atoms with Crippen LogP contribution >= 0.6 is 0 Å². The molecule has 0 spiro atoms. The maximum Gasteiger partial charge on any atom is 0.161 e. The molecule has 1 aromatic rings. The van der Waals surface area contributed by atoms with E-state index in [1.54, 1.807) is 0 Å². The first-order valence-corrected chi connectivity index (χ1v) is 7.19. The summed E-state index contributed by atoms with van der Waals surface area (Å²) >= 11 is 0. The van der Waals surface area contributed by atoms with Crippen molar-refractivity contribution in [2.45, 2.75) is 43.9 Å². The van der Waals surface area contributed by atoms with E-state index in [4.69, 9.17) is 15.2 Å². The summed E-state index contributed by atoms with van der Waals surface area (Å²) in [5.41, 5.74) is 5.92. The first-order valence-electron chi connectivity index (χ1n) is 7.19. The maximum atomic E-state index is 5.93. The fourth-order valence-corrected chi connectivity index (χ4v) is 2.79. The molecule has 1 aromatic carbocycles. The van der Waals surface area contributed by atoms with Gasteiger partial charge in [-0.1, -0.05) is 12.1 Å². The number of hydrogen-bond acceptors (Lipinski definition) is 4. The predicted molar refractivity (Wildman–Crippen MR) is 74.6 cm³/mol. The van der Waals surface area contributed by atoms with Crippen LogP contribution in [-0.2, 0) is 0 Å². The number of benzene rings is 1. The highest BCUT2D eigenvalue weighted by molar-refractivity contribution is 5.40. The van der Waals surface area contributed by atoms with Crippen LogP contribution < -0.4 is 20.5 Å². The van der Waals surface area contributed by atoms with Gasteiger partial charge >= 0.3 is 0 Å². The molecular weight excluding hydrogens is 240 g/mol. The average Bonchev–Trinajstić information content (AvgIpc) is 2.46. The van der Waals surface area contributed by atoms with E-state index in [1.165, 1.54) is 12.8 Å². The third kappa shape index (κ3) is 3.19. The molecule has 1 unspecified atom stereocenters. The van der Waals surface area contributed by atoms with Crippen LogP contribution in [0.25, 0.3) is 0 Å². The zero-order valence-electron chi connectivity index (χ0n) is 11.2. The molecule has 1 saturated carbocycles. The van der Waals surface area contributed by atoms with E-state index in [0.717, 1.165) is 30.9 Å². The van der Waals surface area contributed by atoms with Gasteiger partial charge in [0.2, 0.25) is 0 Å². The molecule has 0 amide bonds. The Balaban J connectivity index is 1.47. The molecule has 1 atom stereocenters. The van der Waals surface area contributed by atoms with Gasteiger partial charge in [0.15, 0.2) is 11.5 Å². The first-order chi connectivity index (χ1) is 9.31. The van der Waals surface area contributed by atoms with Crippen molar-refractivity contribution < 1.29 is 9.47 Å². The predicted octanol–water partition coefficient (Wildman–Crippen LogP) is 1.69. The van der Waals surface area contributed by atoms with Crippen LogP contribution in [0.1, 0.15) is 25.7 Å². The van der Waals surface area contributed by atoms with Gasteiger partial charge in [0.05, 0.1) is 0 Å². The normalized spacial score (nSPS) is 30.1. The number of nitrogens with one attached hydrogen (secondary N) is 1. The lowest BCUT2D eigenvalue weighted by atomic mass is 9.92. The molecule has 1 aliphatic heterocycles. The van der Waals surface area contributed by atoms with Crippen LogP contribution in [0.4, 0.5) is 0 Å². The summed E-state index contributed by atoms with van der Waals surface area (Å²) in [4.78, 5) is 0. The fourth-order valence-electron chi connectivity index (χ4n) is 2.79. The average molecular weight is 262 g/mol. The Morgan fingerprint density at radius 2 is 1.84 bits per heavy atom. The van der Waals surface area contributed by atoms with Crippen molar-refractivity contribution in [3.63, 3.8) is 0 Å². The second-order valence-corrected chi connectivity index (χ2v) is 5.52. The van der Waals surface area contributed by atoms with Gasteiger partial charge < -0.3 is 20.5 Å². The van der Waals surface area contributed by atoms with Crippen molar-refractivity contribution in [1.82, 2.24) is 5.32 Å². The lowest BCUT2D eigenvalue weighted by Crippen LogP contribution is -2.44. The Morgan fingerprint density at radius 3 is 2.63 bits per heavy atom. The molecular formula is C15H22N2O2. The van der Waals surface area contributed by atoms with Crippen LogP contribution in [0.5, 0.6) is 11.5 Å². The second kappa shape index (κ2) is 5.80. The molecule has 0 radical (unpaired) electrons. The summed E-state index contributed by atoms with van der Waals surface area (Å²) in [5, 5.41) is 3.58. The molecule has 1 heterocycles. The zero-order chi connectivity index (χ0) is 13.1. The van der Waals surface area contributed by atoms with Crippen molar-refractivity contribution in [1.29, 1.82) is 0 Å². The van der Waals surface area contributed by atoms with Gasteiger partial charge in [-0.25, -0.2) is 0 Å². The van der Waals surface area contributed by atoms with E-state index in [-0.39, 0.29) is 6.10 Å². The van der Waals surface area contributed by atoms with Gasteiger partial charge in [-0.15, -0.1) is 0 Å². The number of hydrogen-bond donors (Lipinski definition) is 2. The standard InChI is InChI=1S/C15H22N2O2/c16-11-5-7-12(8-6-11)17-9-13-10-18-14-3-1-2-4-15(14)19-13/h1-4,11-13,17H,5-10,16H2. The highest BCUT2D eigenvalue weighted by atomic mass is 16.6. The molecule has 0 saturated heterocycles. The van der Waals surface area contributed by atoms with Crippen molar-refractivity contribution in [3.8, 4) is 11.5 Å². The van der Waals surface area contributed by atoms with Crippen molar-refractivity contribution in [3.05, 3.63) is 24.3 Å². The number of nitrogens with two attached hydrogens (primary N) is 1. The quantitative estimate of drug-likeness (QED) is 0.870. The Morgan fingerprint density at radius 1 is 1.11 bits per heavy atom. The summed E-state index contributed by atoms with van der Waals surface area (Å²) < 4.78 is 11.6. The minimum atomic E-state index is 0.102. The van der Waals surface area contributed by atoms with Crippen LogP contribution in [-0.4, -0.2) is 31.3 Å². The summed E-state index contributed by atoms with van der Waals surface area (Å²) in [7, 11) is 0. The summed E-state index contributed by atoms with van der Waals surface area (Å²) in [6.07, 6.45) is 4.70. The Hall–Kier alpha value is -1.26. The number of ether oxygens (including phenoxy) is 2. The van der Waals surface area contributed by atoms with Gasteiger partial charge in [-0.05, 0) is 37.8 Å².